The zero-order valence-corrected chi connectivity index (χ0v) is 19.2. The second-order valence-corrected chi connectivity index (χ2v) is 8.59. The van der Waals surface area contributed by atoms with Crippen LogP contribution in [0.4, 0.5) is 5.13 Å². The van der Waals surface area contributed by atoms with Gasteiger partial charge in [-0.05, 0) is 57.3 Å². The standard InChI is InChI=1S/C22H25N3O3S.ClH/c1-14-11-15(2)20-19(12-14)29-22(23-20)25(10-9-24(3)4)21(26)18-13-27-16-7-5-6-8-17(16)28-18;/h5-8,11-12,18H,9-10,13H2,1-4H3;1H. The molecule has 1 aromatic heterocycles. The number of hydrogen-bond acceptors (Lipinski definition) is 6. The van der Waals surface area contributed by atoms with E-state index in [1.165, 1.54) is 5.56 Å². The monoisotopic (exact) mass is 447 g/mol. The van der Waals surface area contributed by atoms with E-state index in [-0.39, 0.29) is 24.9 Å². The lowest BCUT2D eigenvalue weighted by molar-refractivity contribution is -0.127. The smallest absolute Gasteiger partial charge is 0.273 e. The van der Waals surface area contributed by atoms with Crippen molar-refractivity contribution in [3.63, 3.8) is 0 Å². The molecule has 1 aliphatic rings. The van der Waals surface area contributed by atoms with E-state index in [1.807, 2.05) is 38.4 Å². The van der Waals surface area contributed by atoms with Crippen LogP contribution in [0.3, 0.4) is 0 Å². The Kier molecular flexibility index (Phi) is 6.85. The summed E-state index contributed by atoms with van der Waals surface area (Å²) in [6.07, 6.45) is -0.693. The van der Waals surface area contributed by atoms with Crippen LogP contribution in [0.5, 0.6) is 11.5 Å². The maximum Gasteiger partial charge on any atom is 0.273 e. The molecule has 8 heteroatoms. The number of nitrogens with zero attached hydrogens (tertiary/aromatic N) is 3. The molecule has 1 unspecified atom stereocenters. The van der Waals surface area contributed by atoms with Crippen LogP contribution in [0, 0.1) is 13.8 Å². The summed E-state index contributed by atoms with van der Waals surface area (Å²) in [5, 5.41) is 0.697. The minimum Gasteiger partial charge on any atom is -0.485 e. The van der Waals surface area contributed by atoms with Gasteiger partial charge in [-0.25, -0.2) is 4.98 Å². The molecule has 1 amide bonds. The number of carbonyl (C=O) groups is 1. The number of aromatic nitrogens is 1. The van der Waals surface area contributed by atoms with Crippen molar-refractivity contribution in [1.29, 1.82) is 0 Å². The predicted molar refractivity (Wildman–Crippen MR) is 124 cm³/mol. The van der Waals surface area contributed by atoms with Gasteiger partial charge in [-0.2, -0.15) is 0 Å². The van der Waals surface area contributed by atoms with Crippen LogP contribution in [-0.2, 0) is 4.79 Å². The Labute approximate surface area is 186 Å². The van der Waals surface area contributed by atoms with Crippen LogP contribution in [0.2, 0.25) is 0 Å². The Morgan fingerprint density at radius 1 is 1.17 bits per heavy atom. The summed E-state index contributed by atoms with van der Waals surface area (Å²) in [5.41, 5.74) is 3.26. The van der Waals surface area contributed by atoms with Crippen molar-refractivity contribution in [2.24, 2.45) is 0 Å². The maximum atomic E-state index is 13.4. The predicted octanol–water partition coefficient (Wildman–Crippen LogP) is 4.07. The molecule has 0 saturated heterocycles. The first-order chi connectivity index (χ1) is 13.9. The van der Waals surface area contributed by atoms with Gasteiger partial charge in [0, 0.05) is 13.1 Å². The van der Waals surface area contributed by atoms with Gasteiger partial charge in [0.15, 0.2) is 16.6 Å². The molecule has 0 radical (unpaired) electrons. The van der Waals surface area contributed by atoms with Crippen LogP contribution >= 0.6 is 23.7 Å². The number of aryl methyl sites for hydroxylation is 2. The van der Waals surface area contributed by atoms with Gasteiger partial charge < -0.3 is 14.4 Å². The molecular weight excluding hydrogens is 422 g/mol. The Morgan fingerprint density at radius 2 is 1.90 bits per heavy atom. The third-order valence-electron chi connectivity index (χ3n) is 4.87. The Bertz CT molecular complexity index is 1050. The van der Waals surface area contributed by atoms with E-state index in [1.54, 1.807) is 16.2 Å². The largest absolute Gasteiger partial charge is 0.485 e. The van der Waals surface area contributed by atoms with Gasteiger partial charge in [0.1, 0.15) is 6.61 Å². The van der Waals surface area contributed by atoms with Crippen molar-refractivity contribution in [3.05, 3.63) is 47.5 Å². The van der Waals surface area contributed by atoms with Crippen molar-refractivity contribution < 1.29 is 14.3 Å². The average Bonchev–Trinajstić information content (AvgIpc) is 3.11. The normalized spacial score (nSPS) is 15.2. The van der Waals surface area contributed by atoms with E-state index in [9.17, 15) is 4.79 Å². The van der Waals surface area contributed by atoms with Crippen LogP contribution in [0.1, 0.15) is 11.1 Å². The van der Waals surface area contributed by atoms with Crippen molar-refractivity contribution in [2.75, 3.05) is 38.7 Å². The number of para-hydroxylation sites is 2. The van der Waals surface area contributed by atoms with Crippen molar-refractivity contribution in [1.82, 2.24) is 9.88 Å². The minimum absolute atomic E-state index is 0. The number of benzene rings is 2. The first-order valence-corrected chi connectivity index (χ1v) is 10.5. The first-order valence-electron chi connectivity index (χ1n) is 9.65. The molecule has 3 aromatic rings. The number of anilines is 1. The van der Waals surface area contributed by atoms with Gasteiger partial charge >= 0.3 is 0 Å². The molecule has 4 rings (SSSR count). The number of fused-ring (bicyclic) bond motifs is 2. The van der Waals surface area contributed by atoms with E-state index >= 15 is 0 Å². The topological polar surface area (TPSA) is 54.9 Å². The van der Waals surface area contributed by atoms with E-state index in [0.717, 1.165) is 22.3 Å². The van der Waals surface area contributed by atoms with Crippen LogP contribution in [-0.4, -0.2) is 55.7 Å². The molecule has 160 valence electrons. The third-order valence-corrected chi connectivity index (χ3v) is 5.90. The van der Waals surface area contributed by atoms with Crippen LogP contribution in [0.25, 0.3) is 10.2 Å². The van der Waals surface area contributed by atoms with Crippen LogP contribution in [0.15, 0.2) is 36.4 Å². The minimum atomic E-state index is -0.693. The highest BCUT2D eigenvalue weighted by Gasteiger charge is 2.33. The number of halogens is 1. The summed E-state index contributed by atoms with van der Waals surface area (Å²) in [5.74, 6) is 1.14. The van der Waals surface area contributed by atoms with Gasteiger partial charge in [0.05, 0.1) is 10.2 Å². The van der Waals surface area contributed by atoms with Gasteiger partial charge in [-0.15, -0.1) is 12.4 Å². The molecule has 0 N–H and O–H groups in total. The van der Waals surface area contributed by atoms with Gasteiger partial charge in [0.2, 0.25) is 6.10 Å². The van der Waals surface area contributed by atoms with Gasteiger partial charge in [0.25, 0.3) is 5.91 Å². The Balaban J connectivity index is 0.00000256. The molecule has 2 heterocycles. The molecule has 0 aliphatic carbocycles. The second kappa shape index (κ2) is 9.20. The summed E-state index contributed by atoms with van der Waals surface area (Å²) < 4.78 is 12.8. The number of carbonyl (C=O) groups excluding carboxylic acids is 1. The fourth-order valence-electron chi connectivity index (χ4n) is 3.39. The van der Waals surface area contributed by atoms with Crippen molar-refractivity contribution in [2.45, 2.75) is 20.0 Å². The molecule has 0 fully saturated rings. The second-order valence-electron chi connectivity index (χ2n) is 7.58. The van der Waals surface area contributed by atoms with Crippen LogP contribution < -0.4 is 14.4 Å². The van der Waals surface area contributed by atoms with Crippen molar-refractivity contribution >= 4 is 45.0 Å². The summed E-state index contributed by atoms with van der Waals surface area (Å²) in [6, 6.07) is 11.7. The number of rotatable bonds is 5. The maximum absolute atomic E-state index is 13.4. The lowest BCUT2D eigenvalue weighted by atomic mass is 10.1. The van der Waals surface area contributed by atoms with Crippen molar-refractivity contribution in [3.8, 4) is 11.5 Å². The number of likely N-dealkylation sites (N-methyl/N-ethyl adjacent to an activating group) is 1. The Morgan fingerprint density at radius 3 is 2.63 bits per heavy atom. The summed E-state index contributed by atoms with van der Waals surface area (Å²) in [6.45, 7) is 5.58. The van der Waals surface area contributed by atoms with E-state index in [2.05, 4.69) is 30.9 Å². The average molecular weight is 448 g/mol. The molecule has 0 spiro atoms. The van der Waals surface area contributed by atoms with E-state index < -0.39 is 6.10 Å². The number of amides is 1. The number of hydrogen-bond donors (Lipinski definition) is 0. The molecule has 0 bridgehead atoms. The fourth-order valence-corrected chi connectivity index (χ4v) is 4.56. The lowest BCUT2D eigenvalue weighted by Gasteiger charge is -2.30. The zero-order valence-electron chi connectivity index (χ0n) is 17.5. The molecular formula is C22H26ClN3O3S. The molecule has 2 aromatic carbocycles. The summed E-state index contributed by atoms with van der Waals surface area (Å²) >= 11 is 1.54. The highest BCUT2D eigenvalue weighted by atomic mass is 35.5. The van der Waals surface area contributed by atoms with Gasteiger partial charge in [-0.1, -0.05) is 29.5 Å². The third kappa shape index (κ3) is 4.53. The SMILES string of the molecule is Cc1cc(C)c2nc(N(CCN(C)C)C(=O)C3COc4ccccc4O3)sc2c1.Cl. The lowest BCUT2D eigenvalue weighted by Crippen LogP contribution is -2.48. The van der Waals surface area contributed by atoms with E-state index in [0.29, 0.717) is 23.2 Å². The fraction of sp³-hybridized carbons (Fsp3) is 0.364. The quantitative estimate of drug-likeness (QED) is 0.590. The van der Waals surface area contributed by atoms with E-state index in [4.69, 9.17) is 14.5 Å². The highest BCUT2D eigenvalue weighted by Crippen LogP contribution is 2.34. The molecule has 30 heavy (non-hydrogen) atoms. The first kappa shape index (κ1) is 22.3. The molecule has 1 aliphatic heterocycles. The summed E-state index contributed by atoms with van der Waals surface area (Å²) in [7, 11) is 3.98. The van der Waals surface area contributed by atoms with Gasteiger partial charge in [-0.3, -0.25) is 9.69 Å². The molecule has 0 saturated carbocycles. The Hall–Kier alpha value is -2.35. The molecule has 1 atom stereocenters. The zero-order chi connectivity index (χ0) is 20.5. The number of ether oxygens (including phenoxy) is 2. The molecule has 6 nitrogen and oxygen atoms in total. The number of thiazole rings is 1. The highest BCUT2D eigenvalue weighted by molar-refractivity contribution is 7.22. The summed E-state index contributed by atoms with van der Waals surface area (Å²) in [4.78, 5) is 22.0.